The van der Waals surface area contributed by atoms with Crippen LogP contribution in [-0.4, -0.2) is 15.9 Å². The van der Waals surface area contributed by atoms with E-state index in [1.54, 1.807) is 0 Å². The molecule has 0 radical (unpaired) electrons. The molecule has 3 nitrogen and oxygen atoms in total. The first-order valence-corrected chi connectivity index (χ1v) is 6.36. The zero-order chi connectivity index (χ0) is 10.6. The number of hydrogen-bond donors (Lipinski definition) is 0. The van der Waals surface area contributed by atoms with Gasteiger partial charge in [-0.05, 0) is 41.6 Å². The van der Waals surface area contributed by atoms with Crippen LogP contribution in [0.15, 0.2) is 10.7 Å². The molecule has 1 saturated carbocycles. The lowest BCUT2D eigenvalue weighted by Crippen LogP contribution is -2.16. The first-order chi connectivity index (χ1) is 7.17. The predicted molar refractivity (Wildman–Crippen MR) is 60.6 cm³/mol. The minimum absolute atomic E-state index is 0.00917. The number of nitrogens with zero attached hydrogens (tertiary/aromatic N) is 2. The number of rotatable bonds is 2. The largest absolute Gasteiger partial charge is 0.359 e. The van der Waals surface area contributed by atoms with Crippen molar-refractivity contribution in [2.45, 2.75) is 44.9 Å². The fourth-order valence-corrected chi connectivity index (χ4v) is 3.56. The second-order valence-corrected chi connectivity index (χ2v) is 5.55. The Morgan fingerprint density at radius 1 is 1.73 bits per heavy atom. The molecule has 1 aromatic heterocycles. The molecular weight excluding hydrogens is 256 g/mol. The molecular formula is C11H15BrN2O. The number of hydrogen-bond acceptors (Lipinski definition) is 2. The summed E-state index contributed by atoms with van der Waals surface area (Å²) >= 11 is 3.59. The SMILES string of the molecule is CCn1ncc(Br)c1[C@]12C[C@@H](C)C[C@@H]1O2. The van der Waals surface area contributed by atoms with Crippen molar-refractivity contribution in [3.8, 4) is 0 Å². The maximum absolute atomic E-state index is 5.89. The van der Waals surface area contributed by atoms with Gasteiger partial charge in [-0.3, -0.25) is 4.68 Å². The van der Waals surface area contributed by atoms with Gasteiger partial charge in [0.2, 0.25) is 0 Å². The van der Waals surface area contributed by atoms with Gasteiger partial charge in [0, 0.05) is 6.54 Å². The van der Waals surface area contributed by atoms with Gasteiger partial charge in [-0.2, -0.15) is 5.10 Å². The monoisotopic (exact) mass is 270 g/mol. The van der Waals surface area contributed by atoms with Crippen LogP contribution in [0.5, 0.6) is 0 Å². The lowest BCUT2D eigenvalue weighted by molar-refractivity contribution is 0.212. The highest BCUT2D eigenvalue weighted by atomic mass is 79.9. The van der Waals surface area contributed by atoms with E-state index in [1.165, 1.54) is 12.1 Å². The maximum Gasteiger partial charge on any atom is 0.138 e. The molecule has 2 heterocycles. The molecule has 82 valence electrons. The summed E-state index contributed by atoms with van der Waals surface area (Å²) < 4.78 is 9.04. The molecule has 0 unspecified atom stereocenters. The van der Waals surface area contributed by atoms with Crippen LogP contribution >= 0.6 is 15.9 Å². The van der Waals surface area contributed by atoms with Crippen molar-refractivity contribution in [3.05, 3.63) is 16.4 Å². The number of aromatic nitrogens is 2. The number of aryl methyl sites for hydroxylation is 1. The van der Waals surface area contributed by atoms with Crippen LogP contribution in [0.1, 0.15) is 32.4 Å². The molecule has 3 rings (SSSR count). The van der Waals surface area contributed by atoms with Gasteiger partial charge in [-0.15, -0.1) is 0 Å². The van der Waals surface area contributed by atoms with E-state index < -0.39 is 0 Å². The van der Waals surface area contributed by atoms with Gasteiger partial charge < -0.3 is 4.74 Å². The van der Waals surface area contributed by atoms with Crippen molar-refractivity contribution in [1.29, 1.82) is 0 Å². The van der Waals surface area contributed by atoms with Gasteiger partial charge >= 0.3 is 0 Å². The Hall–Kier alpha value is -0.350. The van der Waals surface area contributed by atoms with Crippen LogP contribution in [0.2, 0.25) is 0 Å². The summed E-state index contributed by atoms with van der Waals surface area (Å²) in [5.41, 5.74) is 1.24. The van der Waals surface area contributed by atoms with Gasteiger partial charge in [0.15, 0.2) is 0 Å². The third-order valence-corrected chi connectivity index (χ3v) is 4.16. The van der Waals surface area contributed by atoms with Crippen LogP contribution in [0, 0.1) is 5.92 Å². The summed E-state index contributed by atoms with van der Waals surface area (Å²) in [6.07, 6.45) is 4.66. The number of epoxide rings is 1. The highest BCUT2D eigenvalue weighted by molar-refractivity contribution is 9.10. The van der Waals surface area contributed by atoms with Crippen molar-refractivity contribution in [2.24, 2.45) is 5.92 Å². The van der Waals surface area contributed by atoms with Gasteiger partial charge in [0.25, 0.3) is 0 Å². The topological polar surface area (TPSA) is 30.4 Å². The molecule has 15 heavy (non-hydrogen) atoms. The summed E-state index contributed by atoms with van der Waals surface area (Å²) in [5, 5.41) is 4.37. The molecule has 1 aromatic rings. The first-order valence-electron chi connectivity index (χ1n) is 5.57. The minimum Gasteiger partial charge on any atom is -0.359 e. The third kappa shape index (κ3) is 1.24. The summed E-state index contributed by atoms with van der Waals surface area (Å²) in [7, 11) is 0. The molecule has 0 amide bonds. The van der Waals surface area contributed by atoms with Gasteiger partial charge in [0.05, 0.1) is 22.5 Å². The van der Waals surface area contributed by atoms with Crippen molar-refractivity contribution in [1.82, 2.24) is 9.78 Å². The predicted octanol–water partition coefficient (Wildman–Crippen LogP) is 2.69. The first kappa shape index (κ1) is 9.85. The smallest absolute Gasteiger partial charge is 0.138 e. The molecule has 4 heteroatoms. The lowest BCUT2D eigenvalue weighted by Gasteiger charge is -2.13. The third-order valence-electron chi connectivity index (χ3n) is 3.58. The van der Waals surface area contributed by atoms with E-state index in [1.807, 2.05) is 6.20 Å². The molecule has 2 aliphatic rings. The molecule has 2 fully saturated rings. The summed E-state index contributed by atoms with van der Waals surface area (Å²) in [6, 6.07) is 0. The van der Waals surface area contributed by atoms with Crippen LogP contribution < -0.4 is 0 Å². The van der Waals surface area contributed by atoms with Crippen molar-refractivity contribution < 1.29 is 4.74 Å². The van der Waals surface area contributed by atoms with E-state index in [9.17, 15) is 0 Å². The molecule has 0 aromatic carbocycles. The molecule has 0 spiro atoms. The molecule has 1 aliphatic heterocycles. The van der Waals surface area contributed by atoms with E-state index in [0.717, 1.165) is 23.4 Å². The van der Waals surface area contributed by atoms with Crippen LogP contribution in [0.4, 0.5) is 0 Å². The fourth-order valence-electron chi connectivity index (χ4n) is 2.93. The zero-order valence-electron chi connectivity index (χ0n) is 9.03. The Morgan fingerprint density at radius 3 is 3.13 bits per heavy atom. The molecule has 1 aliphatic carbocycles. The van der Waals surface area contributed by atoms with Gasteiger partial charge in [0.1, 0.15) is 5.60 Å². The number of halogens is 1. The van der Waals surface area contributed by atoms with Crippen molar-refractivity contribution in [3.63, 3.8) is 0 Å². The van der Waals surface area contributed by atoms with Crippen molar-refractivity contribution >= 4 is 15.9 Å². The second-order valence-electron chi connectivity index (χ2n) is 4.70. The van der Waals surface area contributed by atoms with E-state index in [-0.39, 0.29) is 5.60 Å². The van der Waals surface area contributed by atoms with E-state index >= 15 is 0 Å². The lowest BCUT2D eigenvalue weighted by atomic mass is 10.0. The summed E-state index contributed by atoms with van der Waals surface area (Å²) in [6.45, 7) is 5.33. The zero-order valence-corrected chi connectivity index (χ0v) is 10.6. The van der Waals surface area contributed by atoms with Crippen LogP contribution in [-0.2, 0) is 16.9 Å². The Labute approximate surface area is 97.9 Å². The maximum atomic E-state index is 5.89. The Balaban J connectivity index is 2.03. The Kier molecular flexibility index (Phi) is 2.02. The standard InChI is InChI=1S/C11H15BrN2O/c1-3-14-10(8(12)6-13-14)11-5-7(2)4-9(11)15-11/h6-7,9H,3-5H2,1-2H3/t7-,9-,11-/m0/s1. The molecule has 0 bridgehead atoms. The summed E-state index contributed by atoms with van der Waals surface area (Å²) in [4.78, 5) is 0. The molecule has 0 N–H and O–H groups in total. The normalized spacial score (nSPS) is 38.1. The minimum atomic E-state index is -0.00917. The molecule has 1 saturated heterocycles. The van der Waals surface area contributed by atoms with Gasteiger partial charge in [-0.1, -0.05) is 6.92 Å². The van der Waals surface area contributed by atoms with E-state index in [2.05, 4.69) is 39.6 Å². The number of fused-ring (bicyclic) bond motifs is 1. The highest BCUT2D eigenvalue weighted by Crippen LogP contribution is 2.60. The second kappa shape index (κ2) is 3.08. The highest BCUT2D eigenvalue weighted by Gasteiger charge is 2.64. The van der Waals surface area contributed by atoms with Crippen LogP contribution in [0.3, 0.4) is 0 Å². The Morgan fingerprint density at radius 2 is 2.53 bits per heavy atom. The number of ether oxygens (including phenoxy) is 1. The summed E-state index contributed by atoms with van der Waals surface area (Å²) in [5.74, 6) is 0.774. The average Bonchev–Trinajstić information content (AvgIpc) is 2.57. The van der Waals surface area contributed by atoms with E-state index in [0.29, 0.717) is 6.10 Å². The molecule has 3 atom stereocenters. The van der Waals surface area contributed by atoms with Crippen LogP contribution in [0.25, 0.3) is 0 Å². The van der Waals surface area contributed by atoms with Crippen molar-refractivity contribution in [2.75, 3.05) is 0 Å². The average molecular weight is 271 g/mol. The van der Waals surface area contributed by atoms with E-state index in [4.69, 9.17) is 4.74 Å². The Bertz CT molecular complexity index is 403. The fraction of sp³-hybridized carbons (Fsp3) is 0.727. The van der Waals surface area contributed by atoms with Gasteiger partial charge in [-0.25, -0.2) is 0 Å². The quantitative estimate of drug-likeness (QED) is 0.774.